The van der Waals surface area contributed by atoms with Crippen LogP contribution < -0.4 is 10.1 Å². The molecule has 0 aliphatic rings. The molecule has 3 rings (SSSR count). The molecule has 2 heterocycles. The van der Waals surface area contributed by atoms with Crippen molar-refractivity contribution in [1.29, 1.82) is 0 Å². The quantitative estimate of drug-likeness (QED) is 0.765. The van der Waals surface area contributed by atoms with Gasteiger partial charge in [-0.25, -0.2) is 0 Å². The van der Waals surface area contributed by atoms with E-state index in [-0.39, 0.29) is 5.82 Å². The maximum absolute atomic E-state index is 12.4. The third kappa shape index (κ3) is 4.40. The van der Waals surface area contributed by atoms with Crippen LogP contribution in [-0.4, -0.2) is 20.4 Å². The van der Waals surface area contributed by atoms with Gasteiger partial charge in [0, 0.05) is 11.8 Å². The molecule has 0 radical (unpaired) electrons. The lowest BCUT2D eigenvalue weighted by molar-refractivity contribution is -0.141. The molecule has 9 heteroatoms. The molecule has 1 N–H and O–H groups in total. The van der Waals surface area contributed by atoms with Crippen LogP contribution in [0.15, 0.2) is 48.5 Å². The first-order chi connectivity index (χ1) is 11.9. The number of nitrogens with zero attached hydrogens (tertiary/aromatic N) is 4. The van der Waals surface area contributed by atoms with Crippen LogP contribution in [0.4, 0.5) is 24.7 Å². The van der Waals surface area contributed by atoms with Crippen LogP contribution in [0, 0.1) is 6.92 Å². The Morgan fingerprint density at radius 1 is 0.840 bits per heavy atom. The summed E-state index contributed by atoms with van der Waals surface area (Å²) < 4.78 is 42.9. The number of ether oxygens (including phenoxy) is 1. The van der Waals surface area contributed by atoms with Crippen LogP contribution in [0.3, 0.4) is 0 Å². The normalized spacial score (nSPS) is 11.2. The van der Waals surface area contributed by atoms with Crippen molar-refractivity contribution in [3.8, 4) is 11.6 Å². The Hall–Kier alpha value is -3.23. The zero-order valence-corrected chi connectivity index (χ0v) is 12.9. The SMILES string of the molecule is Cc1ccc(Oc2ccc(Nc3ccc(C(F)(F)F)nn3)cc2)nn1. The maximum atomic E-state index is 12.4. The van der Waals surface area contributed by atoms with Crippen LogP contribution in [0.25, 0.3) is 0 Å². The highest BCUT2D eigenvalue weighted by Gasteiger charge is 2.32. The standard InChI is InChI=1S/C16H12F3N5O/c1-10-2-9-15(24-21-10)25-12-5-3-11(4-6-12)20-14-8-7-13(22-23-14)16(17,18)19/h2-9H,1H3,(H,20,23). The number of benzene rings is 1. The van der Waals surface area contributed by atoms with Crippen molar-refractivity contribution in [2.24, 2.45) is 0 Å². The highest BCUT2D eigenvalue weighted by atomic mass is 19.4. The number of nitrogens with one attached hydrogen (secondary N) is 1. The molecule has 6 nitrogen and oxygen atoms in total. The van der Waals surface area contributed by atoms with Gasteiger partial charge in [-0.15, -0.1) is 15.3 Å². The molecule has 0 aliphatic heterocycles. The molecule has 0 unspecified atom stereocenters. The molecule has 0 fully saturated rings. The minimum Gasteiger partial charge on any atom is -0.438 e. The van der Waals surface area contributed by atoms with Crippen molar-refractivity contribution in [2.45, 2.75) is 13.1 Å². The summed E-state index contributed by atoms with van der Waals surface area (Å²) in [6.07, 6.45) is -4.51. The molecular weight excluding hydrogens is 335 g/mol. The summed E-state index contributed by atoms with van der Waals surface area (Å²) in [4.78, 5) is 0. The number of alkyl halides is 3. The third-order valence-electron chi connectivity index (χ3n) is 3.08. The first-order valence-corrected chi connectivity index (χ1v) is 7.16. The molecule has 0 amide bonds. The smallest absolute Gasteiger partial charge is 0.435 e. The summed E-state index contributed by atoms with van der Waals surface area (Å²) in [6, 6.07) is 12.3. The Bertz CT molecular complexity index is 834. The summed E-state index contributed by atoms with van der Waals surface area (Å²) in [7, 11) is 0. The molecule has 0 spiro atoms. The fraction of sp³-hybridized carbons (Fsp3) is 0.125. The van der Waals surface area contributed by atoms with Gasteiger partial charge in [0.15, 0.2) is 11.5 Å². The van der Waals surface area contributed by atoms with Crippen molar-refractivity contribution in [2.75, 3.05) is 5.32 Å². The Labute approximate surface area is 140 Å². The van der Waals surface area contributed by atoms with E-state index in [0.717, 1.165) is 11.8 Å². The van der Waals surface area contributed by atoms with Gasteiger partial charge in [-0.05, 0) is 49.4 Å². The van der Waals surface area contributed by atoms with Gasteiger partial charge >= 0.3 is 6.18 Å². The van der Waals surface area contributed by atoms with Gasteiger partial charge in [0.2, 0.25) is 5.88 Å². The lowest BCUT2D eigenvalue weighted by Gasteiger charge is -2.08. The second-order valence-corrected chi connectivity index (χ2v) is 5.07. The van der Waals surface area contributed by atoms with E-state index in [1.54, 1.807) is 36.4 Å². The highest BCUT2D eigenvalue weighted by molar-refractivity contribution is 5.56. The Balaban J connectivity index is 1.65. The van der Waals surface area contributed by atoms with Crippen molar-refractivity contribution in [3.63, 3.8) is 0 Å². The van der Waals surface area contributed by atoms with Gasteiger partial charge in [0.25, 0.3) is 0 Å². The lowest BCUT2D eigenvalue weighted by Crippen LogP contribution is -2.09. The summed E-state index contributed by atoms with van der Waals surface area (Å²) in [6.45, 7) is 1.82. The van der Waals surface area contributed by atoms with E-state index in [4.69, 9.17) is 4.74 Å². The average Bonchev–Trinajstić information content (AvgIpc) is 2.58. The molecule has 0 atom stereocenters. The first-order valence-electron chi connectivity index (χ1n) is 7.16. The van der Waals surface area contributed by atoms with Gasteiger partial charge in [0.05, 0.1) is 5.69 Å². The Morgan fingerprint density at radius 2 is 1.60 bits per heavy atom. The van der Waals surface area contributed by atoms with Crippen LogP contribution in [0.2, 0.25) is 0 Å². The average molecular weight is 347 g/mol. The highest BCUT2D eigenvalue weighted by Crippen LogP contribution is 2.28. The minimum atomic E-state index is -4.51. The fourth-order valence-corrected chi connectivity index (χ4v) is 1.87. The molecule has 0 aliphatic carbocycles. The number of hydrogen-bond donors (Lipinski definition) is 1. The van der Waals surface area contributed by atoms with E-state index in [2.05, 4.69) is 25.7 Å². The van der Waals surface area contributed by atoms with Crippen molar-refractivity contribution in [1.82, 2.24) is 20.4 Å². The fourth-order valence-electron chi connectivity index (χ4n) is 1.87. The molecular formula is C16H12F3N5O. The van der Waals surface area contributed by atoms with Gasteiger partial charge in [-0.2, -0.15) is 18.3 Å². The van der Waals surface area contributed by atoms with E-state index in [1.807, 2.05) is 6.92 Å². The molecule has 0 bridgehead atoms. The molecule has 25 heavy (non-hydrogen) atoms. The predicted molar refractivity (Wildman–Crippen MR) is 83.6 cm³/mol. The molecule has 1 aromatic carbocycles. The number of aryl methyl sites for hydroxylation is 1. The second kappa shape index (κ2) is 6.71. The lowest BCUT2D eigenvalue weighted by atomic mass is 10.3. The van der Waals surface area contributed by atoms with Crippen LogP contribution in [-0.2, 0) is 6.18 Å². The molecule has 0 saturated carbocycles. The summed E-state index contributed by atoms with van der Waals surface area (Å²) >= 11 is 0. The van der Waals surface area contributed by atoms with Crippen molar-refractivity contribution in [3.05, 3.63) is 59.9 Å². The molecule has 128 valence electrons. The summed E-state index contributed by atoms with van der Waals surface area (Å²) in [5, 5.41) is 17.3. The molecule has 3 aromatic rings. The Kier molecular flexibility index (Phi) is 4.46. The molecule has 2 aromatic heterocycles. The minimum absolute atomic E-state index is 0.200. The number of anilines is 2. The van der Waals surface area contributed by atoms with Gasteiger partial charge < -0.3 is 10.1 Å². The third-order valence-corrected chi connectivity index (χ3v) is 3.08. The van der Waals surface area contributed by atoms with Crippen LogP contribution >= 0.6 is 0 Å². The Morgan fingerprint density at radius 3 is 2.16 bits per heavy atom. The summed E-state index contributed by atoms with van der Waals surface area (Å²) in [5.74, 6) is 1.10. The van der Waals surface area contributed by atoms with E-state index in [9.17, 15) is 13.2 Å². The summed E-state index contributed by atoms with van der Waals surface area (Å²) in [5.41, 5.74) is 0.363. The monoisotopic (exact) mass is 347 g/mol. The maximum Gasteiger partial charge on any atom is 0.435 e. The van der Waals surface area contributed by atoms with Crippen LogP contribution in [0.1, 0.15) is 11.4 Å². The van der Waals surface area contributed by atoms with Gasteiger partial charge in [-0.3, -0.25) is 0 Å². The van der Waals surface area contributed by atoms with Crippen molar-refractivity contribution >= 4 is 11.5 Å². The second-order valence-electron chi connectivity index (χ2n) is 5.07. The van der Waals surface area contributed by atoms with Gasteiger partial charge in [-0.1, -0.05) is 0 Å². The van der Waals surface area contributed by atoms with Crippen LogP contribution in [0.5, 0.6) is 11.6 Å². The van der Waals surface area contributed by atoms with E-state index < -0.39 is 11.9 Å². The largest absolute Gasteiger partial charge is 0.438 e. The number of aromatic nitrogens is 4. The van der Waals surface area contributed by atoms with E-state index in [0.29, 0.717) is 17.3 Å². The number of rotatable bonds is 4. The first kappa shape index (κ1) is 16.6. The van der Waals surface area contributed by atoms with Crippen molar-refractivity contribution < 1.29 is 17.9 Å². The van der Waals surface area contributed by atoms with Gasteiger partial charge in [0.1, 0.15) is 5.75 Å². The topological polar surface area (TPSA) is 72.8 Å². The zero-order chi connectivity index (χ0) is 17.9. The number of hydrogen-bond acceptors (Lipinski definition) is 6. The number of halogens is 3. The predicted octanol–water partition coefficient (Wildman–Crippen LogP) is 4.13. The molecule has 0 saturated heterocycles. The zero-order valence-electron chi connectivity index (χ0n) is 12.9. The van der Waals surface area contributed by atoms with E-state index in [1.165, 1.54) is 6.07 Å². The van der Waals surface area contributed by atoms with E-state index >= 15 is 0 Å².